The van der Waals surface area contributed by atoms with Gasteiger partial charge in [0, 0.05) is 7.11 Å². The molecular weight excluding hydrogens is 281 g/mol. The SMILES string of the molecule is COC(c1ccccc1)C(O)c1ccccc1C(F)(F)F. The average molecular weight is 296 g/mol. The zero-order chi connectivity index (χ0) is 15.5. The highest BCUT2D eigenvalue weighted by atomic mass is 19.4. The van der Waals surface area contributed by atoms with Gasteiger partial charge in [0.25, 0.3) is 0 Å². The average Bonchev–Trinajstić information content (AvgIpc) is 2.48. The van der Waals surface area contributed by atoms with Crippen molar-refractivity contribution in [3.63, 3.8) is 0 Å². The second kappa shape index (κ2) is 6.28. The Balaban J connectivity index is 2.42. The van der Waals surface area contributed by atoms with Crippen LogP contribution in [0.25, 0.3) is 0 Å². The van der Waals surface area contributed by atoms with Crippen LogP contribution in [0.15, 0.2) is 54.6 Å². The van der Waals surface area contributed by atoms with Crippen molar-refractivity contribution in [3.8, 4) is 0 Å². The van der Waals surface area contributed by atoms with E-state index in [-0.39, 0.29) is 5.56 Å². The van der Waals surface area contributed by atoms with E-state index in [1.165, 1.54) is 25.3 Å². The van der Waals surface area contributed by atoms with E-state index < -0.39 is 23.9 Å². The number of hydrogen-bond acceptors (Lipinski definition) is 2. The predicted octanol–water partition coefficient (Wildman–Crippen LogP) is 4.13. The van der Waals surface area contributed by atoms with Crippen LogP contribution < -0.4 is 0 Å². The van der Waals surface area contributed by atoms with Crippen molar-refractivity contribution in [3.05, 3.63) is 71.3 Å². The summed E-state index contributed by atoms with van der Waals surface area (Å²) in [6, 6.07) is 13.6. The number of benzene rings is 2. The molecule has 2 atom stereocenters. The maximum atomic E-state index is 13.0. The second-order valence-corrected chi connectivity index (χ2v) is 4.60. The highest BCUT2D eigenvalue weighted by Crippen LogP contribution is 2.39. The Morgan fingerprint density at radius 1 is 0.952 bits per heavy atom. The van der Waals surface area contributed by atoms with Gasteiger partial charge in [-0.05, 0) is 17.2 Å². The molecule has 0 heterocycles. The van der Waals surface area contributed by atoms with Gasteiger partial charge in [-0.3, -0.25) is 0 Å². The third-order valence-electron chi connectivity index (χ3n) is 3.25. The van der Waals surface area contributed by atoms with Crippen LogP contribution in [-0.4, -0.2) is 12.2 Å². The molecule has 0 spiro atoms. The first kappa shape index (κ1) is 15.5. The Labute approximate surface area is 120 Å². The maximum Gasteiger partial charge on any atom is 0.416 e. The number of rotatable bonds is 4. The summed E-state index contributed by atoms with van der Waals surface area (Å²) in [5.74, 6) is 0. The van der Waals surface area contributed by atoms with Crippen LogP contribution in [0.3, 0.4) is 0 Å². The van der Waals surface area contributed by atoms with Gasteiger partial charge < -0.3 is 9.84 Å². The van der Waals surface area contributed by atoms with E-state index in [4.69, 9.17) is 4.74 Å². The highest BCUT2D eigenvalue weighted by molar-refractivity contribution is 5.34. The Bertz CT molecular complexity index is 582. The van der Waals surface area contributed by atoms with E-state index in [1.807, 2.05) is 0 Å². The Morgan fingerprint density at radius 3 is 2.10 bits per heavy atom. The Hall–Kier alpha value is -1.85. The highest BCUT2D eigenvalue weighted by Gasteiger charge is 2.36. The molecule has 21 heavy (non-hydrogen) atoms. The zero-order valence-electron chi connectivity index (χ0n) is 11.3. The van der Waals surface area contributed by atoms with Crippen LogP contribution in [-0.2, 0) is 10.9 Å². The fourth-order valence-corrected chi connectivity index (χ4v) is 2.27. The third-order valence-corrected chi connectivity index (χ3v) is 3.25. The summed E-state index contributed by atoms with van der Waals surface area (Å²) in [5, 5.41) is 10.4. The van der Waals surface area contributed by atoms with Crippen LogP contribution in [0.5, 0.6) is 0 Å². The van der Waals surface area contributed by atoms with Crippen LogP contribution in [0, 0.1) is 0 Å². The van der Waals surface area contributed by atoms with Gasteiger partial charge in [0.05, 0.1) is 5.56 Å². The van der Waals surface area contributed by atoms with Gasteiger partial charge in [-0.1, -0.05) is 48.5 Å². The number of halogens is 3. The van der Waals surface area contributed by atoms with E-state index in [1.54, 1.807) is 30.3 Å². The lowest BCUT2D eigenvalue weighted by Gasteiger charge is -2.25. The maximum absolute atomic E-state index is 13.0. The van der Waals surface area contributed by atoms with Crippen molar-refractivity contribution in [2.75, 3.05) is 7.11 Å². The molecule has 2 rings (SSSR count). The molecule has 0 bridgehead atoms. The van der Waals surface area contributed by atoms with Gasteiger partial charge in [0.15, 0.2) is 0 Å². The van der Waals surface area contributed by atoms with Crippen LogP contribution in [0.2, 0.25) is 0 Å². The summed E-state index contributed by atoms with van der Waals surface area (Å²) in [6.07, 6.45) is -6.79. The Morgan fingerprint density at radius 2 is 1.52 bits per heavy atom. The van der Waals surface area contributed by atoms with Gasteiger partial charge in [0.2, 0.25) is 0 Å². The van der Waals surface area contributed by atoms with Gasteiger partial charge in [-0.2, -0.15) is 13.2 Å². The summed E-state index contributed by atoms with van der Waals surface area (Å²) in [6.45, 7) is 0. The molecule has 5 heteroatoms. The normalized spacial score (nSPS) is 14.7. The largest absolute Gasteiger partial charge is 0.416 e. The summed E-state index contributed by atoms with van der Waals surface area (Å²) in [5.41, 5.74) is -0.430. The van der Waals surface area contributed by atoms with Crippen molar-refractivity contribution in [1.82, 2.24) is 0 Å². The minimum atomic E-state index is -4.52. The van der Waals surface area contributed by atoms with Crippen molar-refractivity contribution in [2.45, 2.75) is 18.4 Å². The monoisotopic (exact) mass is 296 g/mol. The van der Waals surface area contributed by atoms with Gasteiger partial charge in [-0.15, -0.1) is 0 Å². The summed E-state index contributed by atoms with van der Waals surface area (Å²) >= 11 is 0. The predicted molar refractivity (Wildman–Crippen MR) is 72.6 cm³/mol. The molecule has 2 unspecified atom stereocenters. The fraction of sp³-hybridized carbons (Fsp3) is 0.250. The van der Waals surface area contributed by atoms with E-state index >= 15 is 0 Å². The topological polar surface area (TPSA) is 29.5 Å². The standard InChI is InChI=1S/C16H15F3O2/c1-21-15(11-7-3-2-4-8-11)14(20)12-9-5-6-10-13(12)16(17,18)19/h2-10,14-15,20H,1H3. The molecule has 0 saturated carbocycles. The van der Waals surface area contributed by atoms with Gasteiger partial charge in [-0.25, -0.2) is 0 Å². The first-order valence-electron chi connectivity index (χ1n) is 6.37. The summed E-state index contributed by atoms with van der Waals surface area (Å²) in [4.78, 5) is 0. The third kappa shape index (κ3) is 3.43. The molecule has 2 nitrogen and oxygen atoms in total. The molecule has 1 N–H and O–H groups in total. The summed E-state index contributed by atoms with van der Waals surface area (Å²) in [7, 11) is 1.36. The molecule has 0 aliphatic carbocycles. The van der Waals surface area contributed by atoms with Crippen molar-refractivity contribution in [1.29, 1.82) is 0 Å². The van der Waals surface area contributed by atoms with E-state index in [2.05, 4.69) is 0 Å². The molecule has 0 aromatic heterocycles. The van der Waals surface area contributed by atoms with Crippen LogP contribution in [0.1, 0.15) is 28.9 Å². The first-order valence-corrected chi connectivity index (χ1v) is 6.37. The number of ether oxygens (including phenoxy) is 1. The number of aliphatic hydroxyl groups excluding tert-OH is 1. The van der Waals surface area contributed by atoms with Crippen LogP contribution >= 0.6 is 0 Å². The molecule has 2 aromatic rings. The molecule has 112 valence electrons. The number of methoxy groups -OCH3 is 1. The Kier molecular flexibility index (Phi) is 4.65. The molecule has 0 aliphatic rings. The lowest BCUT2D eigenvalue weighted by Crippen LogP contribution is -2.18. The fourth-order valence-electron chi connectivity index (χ4n) is 2.27. The lowest BCUT2D eigenvalue weighted by molar-refractivity contribution is -0.140. The van der Waals surface area contributed by atoms with Crippen molar-refractivity contribution < 1.29 is 23.0 Å². The van der Waals surface area contributed by atoms with Crippen molar-refractivity contribution in [2.24, 2.45) is 0 Å². The molecular formula is C16H15F3O2. The zero-order valence-corrected chi connectivity index (χ0v) is 11.3. The van der Waals surface area contributed by atoms with Gasteiger partial charge in [0.1, 0.15) is 12.2 Å². The van der Waals surface area contributed by atoms with E-state index in [0.717, 1.165) is 6.07 Å². The van der Waals surface area contributed by atoms with Gasteiger partial charge >= 0.3 is 6.18 Å². The van der Waals surface area contributed by atoms with E-state index in [9.17, 15) is 18.3 Å². The molecule has 0 aliphatic heterocycles. The van der Waals surface area contributed by atoms with Crippen molar-refractivity contribution >= 4 is 0 Å². The smallest absolute Gasteiger partial charge is 0.385 e. The number of hydrogen-bond donors (Lipinski definition) is 1. The lowest BCUT2D eigenvalue weighted by atomic mass is 9.94. The molecule has 2 aromatic carbocycles. The second-order valence-electron chi connectivity index (χ2n) is 4.60. The molecule has 0 fully saturated rings. The summed E-state index contributed by atoms with van der Waals surface area (Å²) < 4.78 is 44.3. The minimum Gasteiger partial charge on any atom is -0.385 e. The quantitative estimate of drug-likeness (QED) is 0.919. The van der Waals surface area contributed by atoms with Crippen LogP contribution in [0.4, 0.5) is 13.2 Å². The molecule has 0 radical (unpaired) electrons. The molecule has 0 amide bonds. The number of alkyl halides is 3. The van der Waals surface area contributed by atoms with E-state index in [0.29, 0.717) is 5.56 Å². The first-order chi connectivity index (χ1) is 9.95. The number of aliphatic hydroxyl groups is 1. The minimum absolute atomic E-state index is 0.194. The molecule has 0 saturated heterocycles.